The molecule has 0 radical (unpaired) electrons. The minimum Gasteiger partial charge on any atom is -0.467 e. The molecular weight excluding hydrogens is 274 g/mol. The van der Waals surface area contributed by atoms with Crippen LogP contribution in [0.1, 0.15) is 13.8 Å². The molecule has 0 aliphatic rings. The topological polar surface area (TPSA) is 56.5 Å². The van der Waals surface area contributed by atoms with E-state index in [0.717, 1.165) is 0 Å². The van der Waals surface area contributed by atoms with Gasteiger partial charge < -0.3 is 4.74 Å². The molecule has 0 N–H and O–H groups in total. The molecule has 0 aliphatic carbocycles. The third-order valence-corrected chi connectivity index (χ3v) is 2.65. The van der Waals surface area contributed by atoms with Gasteiger partial charge in [-0.1, -0.05) is 13.8 Å². The van der Waals surface area contributed by atoms with Crippen molar-refractivity contribution in [3.8, 4) is 0 Å². The van der Waals surface area contributed by atoms with Crippen molar-refractivity contribution in [3.63, 3.8) is 0 Å². The second-order valence-electron chi connectivity index (χ2n) is 3.58. The highest BCUT2D eigenvalue weighted by molar-refractivity contribution is 9.18. The lowest BCUT2D eigenvalue weighted by Gasteiger charge is -2.14. The average Bonchev–Trinajstić information content (AvgIpc) is 2.77. The summed E-state index contributed by atoms with van der Waals surface area (Å²) < 4.78 is 6.92. The summed E-state index contributed by atoms with van der Waals surface area (Å²) in [5, 5.41) is 0. The smallest absolute Gasteiger partial charge is 0.330 e. The van der Waals surface area contributed by atoms with Crippen LogP contribution >= 0.6 is 15.9 Å². The third-order valence-electron chi connectivity index (χ3n) is 2.04. The van der Waals surface area contributed by atoms with Crippen molar-refractivity contribution in [3.05, 3.63) is 18.7 Å². The minimum absolute atomic E-state index is 0.0727. The first-order chi connectivity index (χ1) is 7.56. The van der Waals surface area contributed by atoms with Crippen LogP contribution in [0, 0.1) is 5.92 Å². The maximum absolute atomic E-state index is 11.5. The molecule has 0 aromatic carbocycles. The zero-order chi connectivity index (χ0) is 12.1. The van der Waals surface area contributed by atoms with E-state index >= 15 is 0 Å². The predicted octanol–water partition coefficient (Wildman–Crippen LogP) is 1.68. The molecule has 0 amide bonds. The van der Waals surface area contributed by atoms with Crippen molar-refractivity contribution in [1.82, 2.24) is 9.55 Å². The number of methoxy groups -OCH3 is 1. The van der Waals surface area contributed by atoms with Gasteiger partial charge in [-0.3, -0.25) is 4.57 Å². The van der Waals surface area contributed by atoms with Gasteiger partial charge in [-0.25, -0.2) is 14.8 Å². The van der Waals surface area contributed by atoms with Crippen molar-refractivity contribution < 1.29 is 9.53 Å². The quantitative estimate of drug-likeness (QED) is 0.483. The number of aromatic nitrogens is 2. The molecule has 5 nitrogen and oxygen atoms in total. The van der Waals surface area contributed by atoms with E-state index in [9.17, 15) is 4.79 Å². The van der Waals surface area contributed by atoms with Gasteiger partial charge in [0.1, 0.15) is 6.33 Å². The molecule has 1 atom stereocenters. The van der Waals surface area contributed by atoms with Gasteiger partial charge in [-0.15, -0.1) is 0 Å². The van der Waals surface area contributed by atoms with E-state index in [2.05, 4.69) is 25.9 Å². The number of esters is 1. The summed E-state index contributed by atoms with van der Waals surface area (Å²) in [4.78, 5) is 19.7. The first kappa shape index (κ1) is 12.9. The zero-order valence-corrected chi connectivity index (χ0v) is 11.0. The van der Waals surface area contributed by atoms with E-state index in [4.69, 9.17) is 4.74 Å². The van der Waals surface area contributed by atoms with Crippen molar-refractivity contribution in [2.45, 2.75) is 19.9 Å². The maximum Gasteiger partial charge on any atom is 0.330 e. The largest absolute Gasteiger partial charge is 0.467 e. The summed E-state index contributed by atoms with van der Waals surface area (Å²) >= 11 is 3.30. The van der Waals surface area contributed by atoms with Crippen LogP contribution in [0.4, 0.5) is 0 Å². The average molecular weight is 288 g/mol. The monoisotopic (exact) mass is 287 g/mol. The number of imidazole rings is 1. The van der Waals surface area contributed by atoms with Crippen LogP contribution in [0.2, 0.25) is 0 Å². The lowest BCUT2D eigenvalue weighted by molar-refractivity contribution is -0.143. The van der Waals surface area contributed by atoms with Crippen molar-refractivity contribution in [2.24, 2.45) is 10.9 Å². The molecule has 0 saturated heterocycles. The summed E-state index contributed by atoms with van der Waals surface area (Å²) in [5.74, 6) is -0.268. The number of hydrogen-bond acceptors (Lipinski definition) is 4. The Labute approximate surface area is 103 Å². The highest BCUT2D eigenvalue weighted by Crippen LogP contribution is 2.11. The van der Waals surface area contributed by atoms with Crippen LogP contribution in [0.25, 0.3) is 0 Å². The summed E-state index contributed by atoms with van der Waals surface area (Å²) in [6, 6.07) is -0.512. The van der Waals surface area contributed by atoms with Crippen molar-refractivity contribution in [2.75, 3.05) is 7.11 Å². The summed E-state index contributed by atoms with van der Waals surface area (Å²) in [6.45, 7) is 3.83. The van der Waals surface area contributed by atoms with E-state index in [1.54, 1.807) is 23.3 Å². The summed E-state index contributed by atoms with van der Waals surface area (Å²) in [6.07, 6.45) is 4.98. The molecule has 0 aliphatic heterocycles. The molecule has 0 saturated carbocycles. The van der Waals surface area contributed by atoms with Crippen LogP contribution < -0.4 is 0 Å². The van der Waals surface area contributed by atoms with Crippen LogP contribution in [0.5, 0.6) is 0 Å². The third kappa shape index (κ3) is 3.16. The fourth-order valence-corrected chi connectivity index (χ4v) is 1.57. The molecule has 16 heavy (non-hydrogen) atoms. The van der Waals surface area contributed by atoms with Crippen molar-refractivity contribution >= 4 is 26.6 Å². The highest BCUT2D eigenvalue weighted by atomic mass is 79.9. The number of carbonyl (C=O) groups is 1. The Morgan fingerprint density at radius 1 is 1.56 bits per heavy atom. The Bertz CT molecular complexity index is 373. The molecule has 0 bridgehead atoms. The number of nitrogens with zero attached hydrogens (tertiary/aromatic N) is 3. The molecule has 0 fully saturated rings. The fourth-order valence-electron chi connectivity index (χ4n) is 1.14. The van der Waals surface area contributed by atoms with E-state index in [-0.39, 0.29) is 11.9 Å². The van der Waals surface area contributed by atoms with Crippen molar-refractivity contribution in [1.29, 1.82) is 0 Å². The van der Waals surface area contributed by atoms with Gasteiger partial charge >= 0.3 is 5.97 Å². The molecule has 6 heteroatoms. The summed E-state index contributed by atoms with van der Waals surface area (Å²) in [7, 11) is 1.36. The van der Waals surface area contributed by atoms with E-state index in [1.807, 2.05) is 13.8 Å². The SMILES string of the molecule is COC(=O)C(N=C(Br)n1ccnc1)C(C)C. The standard InChI is InChI=1S/C10H14BrN3O2/c1-7(2)8(9(15)16-3)13-10(11)14-5-4-12-6-14/h4-8H,1-3H3. The second-order valence-corrected chi connectivity index (χ2v) is 4.29. The lowest BCUT2D eigenvalue weighted by atomic mass is 10.1. The van der Waals surface area contributed by atoms with Gasteiger partial charge in [0.25, 0.3) is 0 Å². The van der Waals surface area contributed by atoms with E-state index in [0.29, 0.717) is 4.74 Å². The minimum atomic E-state index is -0.512. The lowest BCUT2D eigenvalue weighted by Crippen LogP contribution is -2.27. The number of hydrogen-bond donors (Lipinski definition) is 0. The fraction of sp³-hybridized carbons (Fsp3) is 0.500. The van der Waals surface area contributed by atoms with Gasteiger partial charge in [0.15, 0.2) is 10.8 Å². The number of halogens is 1. The number of ether oxygens (including phenoxy) is 1. The van der Waals surface area contributed by atoms with Gasteiger partial charge in [-0.2, -0.15) is 0 Å². The number of rotatable bonds is 3. The summed E-state index contributed by atoms with van der Waals surface area (Å²) in [5.41, 5.74) is 0. The highest BCUT2D eigenvalue weighted by Gasteiger charge is 2.22. The Hall–Kier alpha value is -1.17. The van der Waals surface area contributed by atoms with Crippen LogP contribution in [-0.4, -0.2) is 33.4 Å². The number of aliphatic imine (C=N–C) groups is 1. The first-order valence-corrected chi connectivity index (χ1v) is 5.65. The molecule has 1 unspecified atom stereocenters. The molecule has 1 aromatic rings. The second kappa shape index (κ2) is 5.79. The van der Waals surface area contributed by atoms with Crippen LogP contribution in [-0.2, 0) is 9.53 Å². The Balaban J connectivity index is 2.89. The van der Waals surface area contributed by atoms with Gasteiger partial charge in [0, 0.05) is 12.4 Å². The van der Waals surface area contributed by atoms with Gasteiger partial charge in [0.2, 0.25) is 0 Å². The Kier molecular flexibility index (Phi) is 4.67. The Morgan fingerprint density at radius 2 is 2.25 bits per heavy atom. The van der Waals surface area contributed by atoms with E-state index < -0.39 is 6.04 Å². The molecular formula is C10H14BrN3O2. The van der Waals surface area contributed by atoms with Crippen LogP contribution in [0.3, 0.4) is 0 Å². The molecule has 1 heterocycles. The maximum atomic E-state index is 11.5. The van der Waals surface area contributed by atoms with Gasteiger partial charge in [-0.05, 0) is 21.8 Å². The van der Waals surface area contributed by atoms with Crippen LogP contribution in [0.15, 0.2) is 23.7 Å². The predicted molar refractivity (Wildman–Crippen MR) is 64.6 cm³/mol. The molecule has 1 aromatic heterocycles. The zero-order valence-electron chi connectivity index (χ0n) is 9.42. The molecule has 1 rings (SSSR count). The normalized spacial score (nSPS) is 13.9. The molecule has 0 spiro atoms. The van der Waals surface area contributed by atoms with Gasteiger partial charge in [0.05, 0.1) is 7.11 Å². The number of carbonyl (C=O) groups excluding carboxylic acids is 1. The Morgan fingerprint density at radius 3 is 2.69 bits per heavy atom. The molecule has 88 valence electrons. The first-order valence-electron chi connectivity index (χ1n) is 4.85. The van der Waals surface area contributed by atoms with E-state index in [1.165, 1.54) is 7.11 Å².